The van der Waals surface area contributed by atoms with Crippen LogP contribution in [-0.4, -0.2) is 43.1 Å². The fraction of sp³-hybridized carbons (Fsp3) is 0.379. The number of ketones is 1. The predicted molar refractivity (Wildman–Crippen MR) is 141 cm³/mol. The smallest absolute Gasteiger partial charge is 0.336 e. The van der Waals surface area contributed by atoms with Crippen LogP contribution in [0.2, 0.25) is 0 Å². The number of methoxy groups -OCH3 is 1. The lowest BCUT2D eigenvalue weighted by atomic mass is 9.71. The third kappa shape index (κ3) is 5.62. The van der Waals surface area contributed by atoms with Crippen molar-refractivity contribution in [2.45, 2.75) is 51.6 Å². The number of Topliss-reactive ketones (excluding diaryl/α,β-unsaturated/α-hetero) is 1. The van der Waals surface area contributed by atoms with Crippen molar-refractivity contribution in [3.05, 3.63) is 92.3 Å². The summed E-state index contributed by atoms with van der Waals surface area (Å²) in [6.45, 7) is 5.81. The molecule has 0 spiro atoms. The Kier molecular flexibility index (Phi) is 8.26. The highest BCUT2D eigenvalue weighted by Gasteiger charge is 2.42. The number of esters is 1. The number of nitrogens with one attached hydrogen (secondary N) is 1. The number of rotatable bonds is 9. The number of dihydropyridines is 1. The Labute approximate surface area is 221 Å². The highest BCUT2D eigenvalue weighted by molar-refractivity contribution is 6.04. The second-order valence-electron chi connectivity index (χ2n) is 9.67. The van der Waals surface area contributed by atoms with Crippen LogP contribution in [0.5, 0.6) is 5.75 Å². The van der Waals surface area contributed by atoms with Gasteiger partial charge in [0.25, 0.3) is 5.69 Å². The number of ether oxygens (including phenoxy) is 3. The van der Waals surface area contributed by atoms with E-state index in [0.29, 0.717) is 34.7 Å². The zero-order chi connectivity index (χ0) is 27.4. The molecule has 200 valence electrons. The van der Waals surface area contributed by atoms with Gasteiger partial charge >= 0.3 is 5.97 Å². The average molecular weight is 521 g/mol. The van der Waals surface area contributed by atoms with E-state index in [1.165, 1.54) is 12.1 Å². The lowest BCUT2D eigenvalue weighted by Crippen LogP contribution is -2.36. The molecule has 0 aromatic heterocycles. The van der Waals surface area contributed by atoms with Gasteiger partial charge in [0.15, 0.2) is 5.78 Å². The molecule has 1 aliphatic heterocycles. The summed E-state index contributed by atoms with van der Waals surface area (Å²) in [4.78, 5) is 38.2. The zero-order valence-electron chi connectivity index (χ0n) is 22.0. The molecule has 2 aromatic carbocycles. The van der Waals surface area contributed by atoms with Gasteiger partial charge in [-0.05, 0) is 44.4 Å². The van der Waals surface area contributed by atoms with E-state index in [-0.39, 0.29) is 48.7 Å². The van der Waals surface area contributed by atoms with Crippen molar-refractivity contribution >= 4 is 17.4 Å². The van der Waals surface area contributed by atoms with Crippen LogP contribution in [-0.2, 0) is 19.1 Å². The van der Waals surface area contributed by atoms with Gasteiger partial charge in [-0.2, -0.15) is 0 Å². The van der Waals surface area contributed by atoms with E-state index in [4.69, 9.17) is 14.2 Å². The zero-order valence-corrected chi connectivity index (χ0v) is 22.0. The van der Waals surface area contributed by atoms with Gasteiger partial charge in [-0.25, -0.2) is 4.79 Å². The Morgan fingerprint density at radius 1 is 1.13 bits per heavy atom. The largest absolute Gasteiger partial charge is 0.496 e. The van der Waals surface area contributed by atoms with Crippen LogP contribution in [0.15, 0.2) is 71.1 Å². The molecule has 0 unspecified atom stereocenters. The number of hydrogen-bond acceptors (Lipinski definition) is 8. The Bertz CT molecular complexity index is 1310. The van der Waals surface area contributed by atoms with E-state index in [9.17, 15) is 19.7 Å². The standard InChI is InChI=1S/C29H32N2O7/c1-17(2)37-12-13-38-29(33)26-18(3)30-23-15-20(22-10-5-6-11-25(22)36-4)16-24(32)28(23)27(26)19-8-7-9-21(14-19)31(34)35/h5-11,14,17,20,27,30H,12-13,15-16H2,1-4H3/t20-,27+/m0/s1. The first kappa shape index (κ1) is 27.1. The first-order valence-corrected chi connectivity index (χ1v) is 12.6. The number of para-hydroxylation sites is 1. The molecule has 2 aliphatic rings. The molecule has 1 aliphatic carbocycles. The van der Waals surface area contributed by atoms with Crippen molar-refractivity contribution in [1.29, 1.82) is 0 Å². The van der Waals surface area contributed by atoms with Gasteiger partial charge < -0.3 is 19.5 Å². The molecule has 0 bridgehead atoms. The van der Waals surface area contributed by atoms with Gasteiger partial charge in [0, 0.05) is 47.4 Å². The van der Waals surface area contributed by atoms with E-state index >= 15 is 0 Å². The van der Waals surface area contributed by atoms with Crippen molar-refractivity contribution in [2.75, 3.05) is 20.3 Å². The summed E-state index contributed by atoms with van der Waals surface area (Å²) in [7, 11) is 1.60. The molecule has 38 heavy (non-hydrogen) atoms. The molecule has 0 saturated heterocycles. The summed E-state index contributed by atoms with van der Waals surface area (Å²) >= 11 is 0. The van der Waals surface area contributed by atoms with Gasteiger partial charge in [0.05, 0.1) is 30.3 Å². The van der Waals surface area contributed by atoms with Gasteiger partial charge in [0.1, 0.15) is 12.4 Å². The Balaban J connectivity index is 1.74. The number of nitrogens with zero attached hydrogens (tertiary/aromatic N) is 1. The highest BCUT2D eigenvalue weighted by Crippen LogP contribution is 2.47. The molecule has 4 rings (SSSR count). The van der Waals surface area contributed by atoms with Crippen LogP contribution >= 0.6 is 0 Å². The summed E-state index contributed by atoms with van der Waals surface area (Å²) in [5.41, 5.74) is 3.25. The monoisotopic (exact) mass is 520 g/mol. The molecule has 0 saturated carbocycles. The lowest BCUT2D eigenvalue weighted by Gasteiger charge is -2.37. The number of nitro groups is 1. The normalized spacial score (nSPS) is 19.2. The Hall–Kier alpha value is -3.98. The third-order valence-electron chi connectivity index (χ3n) is 6.81. The van der Waals surface area contributed by atoms with Crippen molar-refractivity contribution in [1.82, 2.24) is 5.32 Å². The molecule has 2 aromatic rings. The molecule has 1 N–H and O–H groups in total. The molecule has 0 amide bonds. The van der Waals surface area contributed by atoms with Crippen LogP contribution in [0.3, 0.4) is 0 Å². The van der Waals surface area contributed by atoms with Gasteiger partial charge in [0.2, 0.25) is 0 Å². The Morgan fingerprint density at radius 2 is 1.89 bits per heavy atom. The minimum absolute atomic E-state index is 0.00706. The quantitative estimate of drug-likeness (QED) is 0.214. The number of allylic oxidation sites excluding steroid dienone is 3. The average Bonchev–Trinajstić information content (AvgIpc) is 2.89. The van der Waals surface area contributed by atoms with Crippen molar-refractivity contribution in [2.24, 2.45) is 0 Å². The summed E-state index contributed by atoms with van der Waals surface area (Å²) in [6.07, 6.45) is 0.734. The molecule has 0 fully saturated rings. The SMILES string of the molecule is COc1ccccc1[C@@H]1CC(=O)C2=C(C1)NC(C)=C(C(=O)OCCOC(C)C)[C@H]2c1cccc([N+](=O)[O-])c1. The highest BCUT2D eigenvalue weighted by atomic mass is 16.6. The third-order valence-corrected chi connectivity index (χ3v) is 6.81. The minimum Gasteiger partial charge on any atom is -0.496 e. The maximum Gasteiger partial charge on any atom is 0.336 e. The second-order valence-corrected chi connectivity index (χ2v) is 9.67. The lowest BCUT2D eigenvalue weighted by molar-refractivity contribution is -0.384. The number of nitro benzene ring substituents is 1. The topological polar surface area (TPSA) is 117 Å². The van der Waals surface area contributed by atoms with Crippen molar-refractivity contribution < 1.29 is 28.7 Å². The molecule has 1 heterocycles. The fourth-order valence-electron chi connectivity index (χ4n) is 5.18. The molecule has 9 heteroatoms. The van der Waals surface area contributed by atoms with Crippen molar-refractivity contribution in [3.63, 3.8) is 0 Å². The number of carbonyl (C=O) groups excluding carboxylic acids is 2. The number of non-ortho nitro benzene ring substituents is 1. The van der Waals surface area contributed by atoms with Crippen LogP contribution in [0.4, 0.5) is 5.69 Å². The minimum atomic E-state index is -0.796. The van der Waals surface area contributed by atoms with E-state index in [0.717, 1.165) is 5.56 Å². The maximum absolute atomic E-state index is 13.8. The van der Waals surface area contributed by atoms with Gasteiger partial charge in [-0.15, -0.1) is 0 Å². The number of benzene rings is 2. The molecule has 2 atom stereocenters. The van der Waals surface area contributed by atoms with E-state index in [1.807, 2.05) is 38.1 Å². The predicted octanol–water partition coefficient (Wildman–Crippen LogP) is 4.93. The summed E-state index contributed by atoms with van der Waals surface area (Å²) in [5, 5.41) is 14.8. The van der Waals surface area contributed by atoms with Gasteiger partial charge in [-0.3, -0.25) is 14.9 Å². The maximum atomic E-state index is 13.8. The number of hydrogen-bond donors (Lipinski definition) is 1. The van der Waals surface area contributed by atoms with Crippen LogP contribution in [0.1, 0.15) is 56.6 Å². The van der Waals surface area contributed by atoms with Crippen molar-refractivity contribution in [3.8, 4) is 5.75 Å². The summed E-state index contributed by atoms with van der Waals surface area (Å²) in [5.74, 6) is -0.932. The molecule has 9 nitrogen and oxygen atoms in total. The molecule has 0 radical (unpaired) electrons. The first-order chi connectivity index (χ1) is 18.2. The molecular formula is C29H32N2O7. The summed E-state index contributed by atoms with van der Waals surface area (Å²) in [6, 6.07) is 13.7. The van der Waals surface area contributed by atoms with Crippen LogP contribution in [0.25, 0.3) is 0 Å². The van der Waals surface area contributed by atoms with E-state index in [1.54, 1.807) is 26.2 Å². The fourth-order valence-corrected chi connectivity index (χ4v) is 5.18. The number of carbonyl (C=O) groups is 2. The van der Waals surface area contributed by atoms with E-state index < -0.39 is 16.8 Å². The summed E-state index contributed by atoms with van der Waals surface area (Å²) < 4.78 is 16.5. The van der Waals surface area contributed by atoms with Crippen LogP contribution < -0.4 is 10.1 Å². The van der Waals surface area contributed by atoms with Crippen LogP contribution in [0, 0.1) is 10.1 Å². The first-order valence-electron chi connectivity index (χ1n) is 12.6. The Morgan fingerprint density at radius 3 is 2.61 bits per heavy atom. The van der Waals surface area contributed by atoms with Gasteiger partial charge in [-0.1, -0.05) is 30.3 Å². The molecular weight excluding hydrogens is 488 g/mol. The van der Waals surface area contributed by atoms with E-state index in [2.05, 4.69) is 5.32 Å². The second kappa shape index (κ2) is 11.6.